The van der Waals surface area contributed by atoms with Crippen LogP contribution in [0.2, 0.25) is 0 Å². The predicted octanol–water partition coefficient (Wildman–Crippen LogP) is 3.24. The first kappa shape index (κ1) is 13.1. The van der Waals surface area contributed by atoms with Crippen LogP contribution in [-0.2, 0) is 0 Å². The molecule has 0 aliphatic carbocycles. The number of rotatable bonds is 5. The molecule has 0 fully saturated rings. The Labute approximate surface area is 105 Å². The van der Waals surface area contributed by atoms with Crippen molar-refractivity contribution in [1.82, 2.24) is 0 Å². The molecule has 0 bridgehead atoms. The van der Waals surface area contributed by atoms with Gasteiger partial charge in [-0.25, -0.2) is 0 Å². The highest BCUT2D eigenvalue weighted by atomic mass is 33.1. The first-order chi connectivity index (χ1) is 7.74. The van der Waals surface area contributed by atoms with E-state index in [9.17, 15) is 0 Å². The van der Waals surface area contributed by atoms with Gasteiger partial charge in [-0.15, -0.1) is 11.7 Å². The molecule has 0 spiro atoms. The first-order valence-corrected chi connectivity index (χ1v) is 6.64. The summed E-state index contributed by atoms with van der Waals surface area (Å²) in [6.45, 7) is 2.04. The van der Waals surface area contributed by atoms with Gasteiger partial charge in [-0.3, -0.25) is 0 Å². The van der Waals surface area contributed by atoms with E-state index in [4.69, 9.17) is 14.7 Å². The maximum atomic E-state index is 8.51. The molecule has 5 heteroatoms. The van der Waals surface area contributed by atoms with Gasteiger partial charge in [-0.2, -0.15) is 5.26 Å². The lowest BCUT2D eigenvalue weighted by molar-refractivity contribution is 0.355. The van der Waals surface area contributed by atoms with E-state index in [1.165, 1.54) is 10.8 Å². The van der Waals surface area contributed by atoms with Crippen LogP contribution in [0.1, 0.15) is 17.7 Å². The number of ether oxygens (including phenoxy) is 2. The maximum Gasteiger partial charge on any atom is 0.174 e. The fourth-order valence-corrected chi connectivity index (χ4v) is 2.05. The molecule has 0 heterocycles. The smallest absolute Gasteiger partial charge is 0.174 e. The third kappa shape index (κ3) is 3.00. The predicted molar refractivity (Wildman–Crippen MR) is 69.1 cm³/mol. The third-order valence-corrected chi connectivity index (χ3v) is 3.60. The van der Waals surface area contributed by atoms with E-state index in [1.54, 1.807) is 7.11 Å². The molecule has 16 heavy (non-hydrogen) atoms. The first-order valence-electron chi connectivity index (χ1n) is 4.71. The molecule has 0 radical (unpaired) electrons. The van der Waals surface area contributed by atoms with Crippen molar-refractivity contribution in [3.63, 3.8) is 0 Å². The molecule has 3 nitrogen and oxygen atoms in total. The highest BCUT2D eigenvalue weighted by Gasteiger charge is 2.16. The third-order valence-electron chi connectivity index (χ3n) is 2.10. The monoisotopic (exact) mass is 255 g/mol. The topological polar surface area (TPSA) is 42.2 Å². The Bertz CT molecular complexity index is 390. The number of hydrogen-bond donors (Lipinski definition) is 1. The Morgan fingerprint density at radius 3 is 2.75 bits per heavy atom. The molecule has 1 rings (SSSR count). The van der Waals surface area contributed by atoms with Gasteiger partial charge in [0.2, 0.25) is 0 Å². The van der Waals surface area contributed by atoms with Gasteiger partial charge >= 0.3 is 0 Å². The zero-order chi connectivity index (χ0) is 12.0. The number of nitrogens with zero attached hydrogens (tertiary/aromatic N) is 1. The number of benzene rings is 1. The number of methoxy groups -OCH3 is 1. The van der Waals surface area contributed by atoms with Gasteiger partial charge in [0, 0.05) is 10.8 Å². The van der Waals surface area contributed by atoms with Crippen molar-refractivity contribution in [1.29, 1.82) is 5.26 Å². The quantitative estimate of drug-likeness (QED) is 0.648. The van der Waals surface area contributed by atoms with Crippen molar-refractivity contribution in [2.24, 2.45) is 0 Å². The summed E-state index contributed by atoms with van der Waals surface area (Å²) in [5.41, 5.74) is 0.931. The van der Waals surface area contributed by atoms with E-state index >= 15 is 0 Å². The van der Waals surface area contributed by atoms with Crippen molar-refractivity contribution in [3.05, 3.63) is 23.8 Å². The molecule has 0 aliphatic heterocycles. The van der Waals surface area contributed by atoms with Crippen LogP contribution in [0.3, 0.4) is 0 Å². The van der Waals surface area contributed by atoms with Crippen LogP contribution >= 0.6 is 22.5 Å². The van der Waals surface area contributed by atoms with E-state index in [0.717, 1.165) is 11.3 Å². The van der Waals surface area contributed by atoms with Crippen molar-refractivity contribution < 1.29 is 9.47 Å². The fourth-order valence-electron chi connectivity index (χ4n) is 1.39. The van der Waals surface area contributed by atoms with Crippen LogP contribution in [0.5, 0.6) is 11.5 Å². The fraction of sp³-hybridized carbons (Fsp3) is 0.364. The Morgan fingerprint density at radius 2 is 2.19 bits per heavy atom. The second-order valence-electron chi connectivity index (χ2n) is 3.07. The minimum atomic E-state index is 0.0319. The summed E-state index contributed by atoms with van der Waals surface area (Å²) in [5, 5.41) is 8.65. The van der Waals surface area contributed by atoms with Crippen LogP contribution in [-0.4, -0.2) is 13.7 Å². The van der Waals surface area contributed by atoms with E-state index in [-0.39, 0.29) is 11.9 Å². The van der Waals surface area contributed by atoms with E-state index in [1.807, 2.05) is 31.2 Å². The molecule has 0 N–H and O–H groups in total. The molecule has 0 aromatic heterocycles. The maximum absolute atomic E-state index is 8.51. The zero-order valence-electron chi connectivity index (χ0n) is 9.14. The van der Waals surface area contributed by atoms with Crippen LogP contribution in [0.25, 0.3) is 0 Å². The second kappa shape index (κ2) is 6.56. The Hall–Kier alpha value is -0.990. The van der Waals surface area contributed by atoms with Gasteiger partial charge in [0.25, 0.3) is 0 Å². The van der Waals surface area contributed by atoms with Gasteiger partial charge in [0.1, 0.15) is 17.6 Å². The SMILES string of the molecule is COc1cccc(OCC#N)c1C(C)SS. The summed E-state index contributed by atoms with van der Waals surface area (Å²) < 4.78 is 10.6. The molecule has 0 amide bonds. The zero-order valence-corrected chi connectivity index (χ0v) is 10.8. The molecule has 1 unspecified atom stereocenters. The highest BCUT2D eigenvalue weighted by Crippen LogP contribution is 2.41. The van der Waals surface area contributed by atoms with Crippen molar-refractivity contribution in [2.45, 2.75) is 12.2 Å². The molecule has 1 aromatic carbocycles. The summed E-state index contributed by atoms with van der Waals surface area (Å²) >= 11 is 4.19. The van der Waals surface area contributed by atoms with Crippen LogP contribution < -0.4 is 9.47 Å². The summed E-state index contributed by atoms with van der Waals surface area (Å²) in [6.07, 6.45) is 0. The van der Waals surface area contributed by atoms with Crippen molar-refractivity contribution in [2.75, 3.05) is 13.7 Å². The average molecular weight is 255 g/mol. The average Bonchev–Trinajstić information content (AvgIpc) is 2.34. The number of nitriles is 1. The molecule has 1 atom stereocenters. The van der Waals surface area contributed by atoms with Crippen LogP contribution in [0.15, 0.2) is 18.2 Å². The number of hydrogen-bond acceptors (Lipinski definition) is 5. The highest BCUT2D eigenvalue weighted by molar-refractivity contribution is 8.68. The largest absolute Gasteiger partial charge is 0.496 e. The van der Waals surface area contributed by atoms with Crippen molar-refractivity contribution in [3.8, 4) is 17.6 Å². The van der Waals surface area contributed by atoms with Gasteiger partial charge in [-0.05, 0) is 19.1 Å². The van der Waals surface area contributed by atoms with Gasteiger partial charge < -0.3 is 9.47 Å². The van der Waals surface area contributed by atoms with E-state index in [2.05, 4.69) is 11.7 Å². The normalized spacial score (nSPS) is 11.6. The summed E-state index contributed by atoms with van der Waals surface area (Å²) in [7, 11) is 3.02. The molecule has 86 valence electrons. The second-order valence-corrected chi connectivity index (χ2v) is 4.62. The van der Waals surface area contributed by atoms with Gasteiger partial charge in [-0.1, -0.05) is 16.9 Å². The van der Waals surface area contributed by atoms with Crippen LogP contribution in [0, 0.1) is 11.3 Å². The molecular formula is C11H13NO2S2. The lowest BCUT2D eigenvalue weighted by Crippen LogP contribution is -2.01. The summed E-state index contributed by atoms with van der Waals surface area (Å²) in [5.74, 6) is 1.43. The minimum Gasteiger partial charge on any atom is -0.496 e. The molecule has 0 aliphatic rings. The Balaban J connectivity index is 3.10. The standard InChI is InChI=1S/C11H13NO2S2/c1-8(16-15)11-9(13-2)4-3-5-10(11)14-7-6-12/h3-5,8,15H,7H2,1-2H3. The van der Waals surface area contributed by atoms with Gasteiger partial charge in [0.15, 0.2) is 6.61 Å². The molecule has 0 saturated heterocycles. The van der Waals surface area contributed by atoms with Crippen molar-refractivity contribution >= 4 is 22.5 Å². The van der Waals surface area contributed by atoms with Gasteiger partial charge in [0.05, 0.1) is 7.11 Å². The molecule has 1 aromatic rings. The molecular weight excluding hydrogens is 242 g/mol. The van der Waals surface area contributed by atoms with Crippen LogP contribution in [0.4, 0.5) is 0 Å². The Morgan fingerprint density at radius 1 is 1.50 bits per heavy atom. The minimum absolute atomic E-state index is 0.0319. The van der Waals surface area contributed by atoms with E-state index < -0.39 is 0 Å². The summed E-state index contributed by atoms with van der Waals surface area (Å²) in [6, 6.07) is 7.49. The van der Waals surface area contributed by atoms with E-state index in [0.29, 0.717) is 5.75 Å². The lowest BCUT2D eigenvalue weighted by Gasteiger charge is -2.17. The Kier molecular flexibility index (Phi) is 5.36. The lowest BCUT2D eigenvalue weighted by atomic mass is 10.1. The number of thiol groups is 1. The molecule has 0 saturated carbocycles. The summed E-state index contributed by atoms with van der Waals surface area (Å²) in [4.78, 5) is 0.